The molecule has 0 bridgehead atoms. The number of aromatic nitrogens is 3. The zero-order valence-corrected chi connectivity index (χ0v) is 15.3. The minimum Gasteiger partial charge on any atom is -0.462 e. The summed E-state index contributed by atoms with van der Waals surface area (Å²) in [4.78, 5) is 40.8. The molecule has 0 unspecified atom stereocenters. The van der Waals surface area contributed by atoms with Gasteiger partial charge in [-0.1, -0.05) is 0 Å². The Morgan fingerprint density at radius 2 is 2.07 bits per heavy atom. The van der Waals surface area contributed by atoms with Crippen LogP contribution in [-0.4, -0.2) is 45.3 Å². The van der Waals surface area contributed by atoms with E-state index in [0.717, 1.165) is 12.3 Å². The number of fused-ring (bicyclic) bond motifs is 1. The number of nitrogens with one attached hydrogen (secondary N) is 2. The summed E-state index contributed by atoms with van der Waals surface area (Å²) >= 11 is 5.52. The molecular weight excluding hydrogens is 391 g/mol. The van der Waals surface area contributed by atoms with Crippen LogP contribution in [0, 0.1) is 5.82 Å². The van der Waals surface area contributed by atoms with Crippen LogP contribution in [0.15, 0.2) is 30.6 Å². The molecule has 0 fully saturated rings. The van der Waals surface area contributed by atoms with Gasteiger partial charge in [0.2, 0.25) is 11.7 Å². The Hall–Kier alpha value is -3.33. The van der Waals surface area contributed by atoms with Gasteiger partial charge in [0.05, 0.1) is 24.1 Å². The lowest BCUT2D eigenvalue weighted by molar-refractivity contribution is -0.113. The van der Waals surface area contributed by atoms with Gasteiger partial charge in [0.15, 0.2) is 0 Å². The summed E-state index contributed by atoms with van der Waals surface area (Å²) in [5.74, 6) is -2.77. The fourth-order valence-electron chi connectivity index (χ4n) is 2.58. The van der Waals surface area contributed by atoms with Crippen molar-refractivity contribution in [3.05, 3.63) is 53.2 Å². The van der Waals surface area contributed by atoms with Gasteiger partial charge in [-0.15, -0.1) is 11.6 Å². The van der Waals surface area contributed by atoms with Gasteiger partial charge in [-0.3, -0.25) is 14.7 Å². The highest BCUT2D eigenvalue weighted by Crippen LogP contribution is 2.25. The van der Waals surface area contributed by atoms with Crippen LogP contribution in [0.1, 0.15) is 33.3 Å². The van der Waals surface area contributed by atoms with Crippen molar-refractivity contribution in [1.29, 1.82) is 0 Å². The number of ketones is 1. The van der Waals surface area contributed by atoms with Crippen LogP contribution in [0.3, 0.4) is 0 Å². The van der Waals surface area contributed by atoms with Gasteiger partial charge in [0.1, 0.15) is 22.9 Å². The van der Waals surface area contributed by atoms with E-state index in [1.54, 1.807) is 6.92 Å². The predicted octanol–water partition coefficient (Wildman–Crippen LogP) is 2.68. The molecule has 0 atom stereocenters. The van der Waals surface area contributed by atoms with Crippen LogP contribution >= 0.6 is 11.6 Å². The summed E-state index contributed by atoms with van der Waals surface area (Å²) in [6, 6.07) is 3.69. The third-order valence-corrected chi connectivity index (χ3v) is 4.06. The van der Waals surface area contributed by atoms with Crippen molar-refractivity contribution in [2.24, 2.45) is 0 Å². The van der Waals surface area contributed by atoms with Crippen molar-refractivity contribution in [2.75, 3.05) is 17.8 Å². The van der Waals surface area contributed by atoms with Crippen LogP contribution in [0.5, 0.6) is 0 Å². The van der Waals surface area contributed by atoms with Crippen molar-refractivity contribution in [2.45, 2.75) is 6.92 Å². The van der Waals surface area contributed by atoms with Gasteiger partial charge >= 0.3 is 5.97 Å². The summed E-state index contributed by atoms with van der Waals surface area (Å²) in [5.41, 5.74) is 0.0990. The van der Waals surface area contributed by atoms with E-state index in [1.807, 2.05) is 0 Å². The number of pyridine rings is 1. The number of rotatable bonds is 6. The number of nitrogens with zero attached hydrogens (tertiary/aromatic N) is 2. The van der Waals surface area contributed by atoms with E-state index in [-0.39, 0.29) is 45.9 Å². The zero-order chi connectivity index (χ0) is 20.3. The van der Waals surface area contributed by atoms with Crippen molar-refractivity contribution in [3.63, 3.8) is 0 Å². The van der Waals surface area contributed by atoms with Crippen molar-refractivity contribution in [1.82, 2.24) is 15.2 Å². The summed E-state index contributed by atoms with van der Waals surface area (Å²) < 4.78 is 18.8. The highest BCUT2D eigenvalue weighted by molar-refractivity contribution is 6.29. The number of carbonyl (C=O) groups is 3. The standard InChI is InChI=1S/C18H14ClFN4O4/c1-2-28-18(27)9-5-13(23-14(25)6-19)16(21-7-9)17(26)10-3-4-12(20)15-11(10)8-22-24-15/h3-5,7-8H,2,6H2,1H3,(H,22,24)(H,23,25). The number of benzene rings is 1. The number of aromatic amines is 1. The molecule has 0 aliphatic rings. The number of carbonyl (C=O) groups excluding carboxylic acids is 3. The Balaban J connectivity index is 2.09. The van der Waals surface area contributed by atoms with Crippen LogP contribution in [0.25, 0.3) is 10.9 Å². The molecule has 0 saturated carbocycles. The summed E-state index contributed by atoms with van der Waals surface area (Å²) in [6.45, 7) is 1.79. The number of H-pyrrole nitrogens is 1. The number of ether oxygens (including phenoxy) is 1. The van der Waals surface area contributed by atoms with Gasteiger partial charge in [0.25, 0.3) is 0 Å². The van der Waals surface area contributed by atoms with Crippen molar-refractivity contribution < 1.29 is 23.5 Å². The van der Waals surface area contributed by atoms with Crippen LogP contribution in [0.2, 0.25) is 0 Å². The molecule has 0 saturated heterocycles. The van der Waals surface area contributed by atoms with Gasteiger partial charge in [-0.05, 0) is 25.1 Å². The highest BCUT2D eigenvalue weighted by atomic mass is 35.5. The largest absolute Gasteiger partial charge is 0.462 e. The number of anilines is 1. The monoisotopic (exact) mass is 404 g/mol. The summed E-state index contributed by atoms with van der Waals surface area (Å²) in [7, 11) is 0. The first-order chi connectivity index (χ1) is 13.5. The third-order valence-electron chi connectivity index (χ3n) is 3.82. The molecule has 0 aliphatic heterocycles. The highest BCUT2D eigenvalue weighted by Gasteiger charge is 2.22. The van der Waals surface area contributed by atoms with E-state index in [2.05, 4.69) is 20.5 Å². The first-order valence-corrected chi connectivity index (χ1v) is 8.69. The van der Waals surface area contributed by atoms with E-state index in [4.69, 9.17) is 16.3 Å². The maximum Gasteiger partial charge on any atom is 0.339 e. The Bertz CT molecular complexity index is 1080. The molecular formula is C18H14ClFN4O4. The lowest BCUT2D eigenvalue weighted by Crippen LogP contribution is -2.18. The number of esters is 1. The molecule has 0 spiro atoms. The molecule has 1 amide bonds. The molecule has 28 heavy (non-hydrogen) atoms. The normalized spacial score (nSPS) is 10.7. The van der Waals surface area contributed by atoms with Crippen molar-refractivity contribution >= 4 is 45.9 Å². The second-order valence-corrected chi connectivity index (χ2v) is 5.87. The molecule has 3 rings (SSSR count). The molecule has 8 nitrogen and oxygen atoms in total. The molecule has 144 valence electrons. The predicted molar refractivity (Wildman–Crippen MR) is 99.0 cm³/mol. The first-order valence-electron chi connectivity index (χ1n) is 8.15. The van der Waals surface area contributed by atoms with Gasteiger partial charge in [0, 0.05) is 17.1 Å². The molecule has 2 N–H and O–H groups in total. The average molecular weight is 405 g/mol. The Morgan fingerprint density at radius 1 is 1.29 bits per heavy atom. The fraction of sp³-hybridized carbons (Fsp3) is 0.167. The number of halogens is 2. The van der Waals surface area contributed by atoms with E-state index in [1.165, 1.54) is 18.3 Å². The minimum atomic E-state index is -0.658. The summed E-state index contributed by atoms with van der Waals surface area (Å²) in [5, 5.41) is 8.94. The second-order valence-electron chi connectivity index (χ2n) is 5.61. The smallest absolute Gasteiger partial charge is 0.339 e. The van der Waals surface area contributed by atoms with Crippen LogP contribution < -0.4 is 5.32 Å². The number of hydrogen-bond acceptors (Lipinski definition) is 6. The minimum absolute atomic E-state index is 0.0119. The quantitative estimate of drug-likeness (QED) is 0.371. The zero-order valence-electron chi connectivity index (χ0n) is 14.6. The number of hydrogen-bond donors (Lipinski definition) is 2. The molecule has 0 radical (unpaired) electrons. The number of amides is 1. The topological polar surface area (TPSA) is 114 Å². The fourth-order valence-corrected chi connectivity index (χ4v) is 2.65. The second kappa shape index (κ2) is 8.13. The maximum absolute atomic E-state index is 13.9. The van der Waals surface area contributed by atoms with Gasteiger partial charge < -0.3 is 10.1 Å². The van der Waals surface area contributed by atoms with E-state index in [9.17, 15) is 18.8 Å². The SMILES string of the molecule is CCOC(=O)c1cnc(C(=O)c2ccc(F)c3[nH]ncc23)c(NC(=O)CCl)c1. The maximum atomic E-state index is 13.9. The van der Waals surface area contributed by atoms with E-state index < -0.39 is 23.5 Å². The van der Waals surface area contributed by atoms with Crippen LogP contribution in [-0.2, 0) is 9.53 Å². The van der Waals surface area contributed by atoms with Crippen LogP contribution in [0.4, 0.5) is 10.1 Å². The summed E-state index contributed by atoms with van der Waals surface area (Å²) in [6.07, 6.45) is 2.48. The third kappa shape index (κ3) is 3.70. The molecule has 3 aromatic rings. The molecule has 2 heterocycles. The molecule has 0 aliphatic carbocycles. The Kier molecular flexibility index (Phi) is 5.65. The Morgan fingerprint density at radius 3 is 2.79 bits per heavy atom. The molecule has 10 heteroatoms. The lowest BCUT2D eigenvalue weighted by Gasteiger charge is -2.11. The first kappa shape index (κ1) is 19.4. The Labute approximate surface area is 163 Å². The van der Waals surface area contributed by atoms with Gasteiger partial charge in [-0.2, -0.15) is 5.10 Å². The van der Waals surface area contributed by atoms with Gasteiger partial charge in [-0.25, -0.2) is 14.2 Å². The lowest BCUT2D eigenvalue weighted by atomic mass is 10.0. The van der Waals surface area contributed by atoms with E-state index >= 15 is 0 Å². The number of alkyl halides is 1. The van der Waals surface area contributed by atoms with E-state index in [0.29, 0.717) is 0 Å². The average Bonchev–Trinajstić information content (AvgIpc) is 3.18. The molecule has 2 aromatic heterocycles. The molecule has 1 aromatic carbocycles. The van der Waals surface area contributed by atoms with Crippen molar-refractivity contribution in [3.8, 4) is 0 Å².